The zero-order chi connectivity index (χ0) is 38.5. The van der Waals surface area contributed by atoms with Crippen LogP contribution in [0.1, 0.15) is 59.5 Å². The van der Waals surface area contributed by atoms with Gasteiger partial charge in [-0.2, -0.15) is 5.26 Å². The van der Waals surface area contributed by atoms with Crippen LogP contribution in [0, 0.1) is 24.2 Å². The standard InChI is InChI=1S/C43H39ClN8O4/c1-23-28(4-3-7-34(23)50-41-39-25(12-14-47-41)16-24(20-48-39)19-46-21-27-8-11-37(53)49-27)30-5-2-6-31(38(30)44)42-51-35-17-32-29(33(18-45)40(35)56-42)9-10-36(32)52-15-13-26(22-52)43(54)55/h2-7,12,14,16-17,20,26-27,36,46H,8-11,13,15,19,21-22H2,1H3,(H,47,50)(H,49,53)(H,54,55)/t26-,27+,36-/m1/s1. The third-order valence-corrected chi connectivity index (χ3v) is 11.9. The van der Waals surface area contributed by atoms with Gasteiger partial charge >= 0.3 is 5.97 Å². The SMILES string of the molecule is Cc1c(Nc2nccc3cc(CNC[C@@H]4CCC(=O)N4)cnc23)cccc1-c1cccc(-c2nc3cc4c(c(C#N)c3o2)CC[C@H]4N2CC[C@@H](C(=O)O)C2)c1Cl. The molecule has 2 aliphatic heterocycles. The number of nitriles is 1. The van der Waals surface area contributed by atoms with Crippen LogP contribution in [0.3, 0.4) is 0 Å². The molecule has 3 aromatic heterocycles. The van der Waals surface area contributed by atoms with Crippen LogP contribution >= 0.6 is 11.6 Å². The predicted octanol–water partition coefficient (Wildman–Crippen LogP) is 7.44. The number of aliphatic carboxylic acids is 1. The maximum Gasteiger partial charge on any atom is 0.307 e. The van der Waals surface area contributed by atoms with Crippen molar-refractivity contribution in [3.63, 3.8) is 0 Å². The zero-order valence-electron chi connectivity index (χ0n) is 30.7. The summed E-state index contributed by atoms with van der Waals surface area (Å²) in [4.78, 5) is 39.7. The summed E-state index contributed by atoms with van der Waals surface area (Å²) in [6.07, 6.45) is 7.23. The quantitative estimate of drug-likeness (QED) is 0.109. The molecule has 282 valence electrons. The van der Waals surface area contributed by atoms with Gasteiger partial charge in [-0.05, 0) is 97.3 Å². The third-order valence-electron chi connectivity index (χ3n) is 11.5. The fourth-order valence-corrected chi connectivity index (χ4v) is 8.93. The Bertz CT molecular complexity index is 2600. The van der Waals surface area contributed by atoms with Gasteiger partial charge in [-0.25, -0.2) is 9.97 Å². The average molecular weight is 767 g/mol. The summed E-state index contributed by atoms with van der Waals surface area (Å²) in [7, 11) is 0. The molecule has 13 heteroatoms. The number of pyridine rings is 2. The van der Waals surface area contributed by atoms with Gasteiger partial charge in [0.15, 0.2) is 11.4 Å². The molecule has 2 saturated heterocycles. The Morgan fingerprint density at radius 1 is 1.09 bits per heavy atom. The predicted molar refractivity (Wildman–Crippen MR) is 213 cm³/mol. The van der Waals surface area contributed by atoms with Crippen molar-refractivity contribution in [3.05, 3.63) is 99.8 Å². The Hall–Kier alpha value is -5.87. The zero-order valence-corrected chi connectivity index (χ0v) is 31.5. The van der Waals surface area contributed by atoms with Crippen molar-refractivity contribution >= 4 is 57.0 Å². The van der Waals surface area contributed by atoms with Crippen molar-refractivity contribution in [2.24, 2.45) is 5.92 Å². The van der Waals surface area contributed by atoms with Crippen LogP contribution in [0.2, 0.25) is 5.02 Å². The van der Waals surface area contributed by atoms with Gasteiger partial charge in [-0.3, -0.25) is 19.5 Å². The maximum absolute atomic E-state index is 11.7. The molecule has 6 aromatic rings. The van der Waals surface area contributed by atoms with Crippen molar-refractivity contribution in [1.29, 1.82) is 5.26 Å². The van der Waals surface area contributed by atoms with Crippen LogP contribution in [0.15, 0.2) is 71.4 Å². The summed E-state index contributed by atoms with van der Waals surface area (Å²) in [6, 6.07) is 20.4. The van der Waals surface area contributed by atoms with E-state index in [2.05, 4.69) is 38.0 Å². The minimum Gasteiger partial charge on any atom is -0.481 e. The van der Waals surface area contributed by atoms with Crippen molar-refractivity contribution in [2.75, 3.05) is 25.0 Å². The van der Waals surface area contributed by atoms with E-state index in [1.54, 1.807) is 6.20 Å². The molecule has 56 heavy (non-hydrogen) atoms. The number of hydrogen-bond donors (Lipinski definition) is 4. The number of carboxylic acid groups (broad SMARTS) is 1. The van der Waals surface area contributed by atoms with Crippen LogP contribution < -0.4 is 16.0 Å². The van der Waals surface area contributed by atoms with E-state index in [1.807, 2.05) is 61.7 Å². The smallest absolute Gasteiger partial charge is 0.307 e. The topological polar surface area (TPSA) is 169 Å². The average Bonchev–Trinajstić information content (AvgIpc) is 4.02. The van der Waals surface area contributed by atoms with E-state index in [-0.39, 0.29) is 23.9 Å². The number of amides is 1. The minimum atomic E-state index is -0.760. The first-order valence-electron chi connectivity index (χ1n) is 19.0. The van der Waals surface area contributed by atoms with E-state index in [1.165, 1.54) is 0 Å². The molecular weight excluding hydrogens is 728 g/mol. The van der Waals surface area contributed by atoms with E-state index in [9.17, 15) is 20.0 Å². The van der Waals surface area contributed by atoms with E-state index in [0.717, 1.165) is 69.2 Å². The van der Waals surface area contributed by atoms with Crippen LogP contribution in [-0.2, 0) is 22.6 Å². The van der Waals surface area contributed by atoms with Crippen LogP contribution in [0.25, 0.3) is 44.6 Å². The number of hydrogen-bond acceptors (Lipinski definition) is 10. The molecule has 0 spiro atoms. The van der Waals surface area contributed by atoms with E-state index < -0.39 is 5.97 Å². The van der Waals surface area contributed by atoms with Gasteiger partial charge in [0.25, 0.3) is 0 Å². The molecule has 0 bridgehead atoms. The Balaban J connectivity index is 0.978. The molecule has 1 amide bonds. The summed E-state index contributed by atoms with van der Waals surface area (Å²) in [5, 5.41) is 31.3. The fourth-order valence-electron chi connectivity index (χ4n) is 8.62. The van der Waals surface area contributed by atoms with E-state index in [4.69, 9.17) is 26.0 Å². The van der Waals surface area contributed by atoms with Crippen LogP contribution in [0.5, 0.6) is 0 Å². The lowest BCUT2D eigenvalue weighted by Gasteiger charge is -2.24. The summed E-state index contributed by atoms with van der Waals surface area (Å²) in [5.41, 5.74) is 9.42. The van der Waals surface area contributed by atoms with E-state index >= 15 is 0 Å². The molecule has 1 aliphatic carbocycles. The number of aromatic nitrogens is 3. The van der Waals surface area contributed by atoms with Crippen LogP contribution in [0.4, 0.5) is 11.5 Å². The maximum atomic E-state index is 11.7. The van der Waals surface area contributed by atoms with Crippen molar-refractivity contribution in [2.45, 2.75) is 57.7 Å². The molecule has 3 aromatic carbocycles. The Morgan fingerprint density at radius 2 is 1.93 bits per heavy atom. The normalized spacial score (nSPS) is 19.4. The lowest BCUT2D eigenvalue weighted by Crippen LogP contribution is -2.35. The lowest BCUT2D eigenvalue weighted by molar-refractivity contribution is -0.141. The lowest BCUT2D eigenvalue weighted by atomic mass is 9.97. The first kappa shape index (κ1) is 35.8. The molecule has 2 fully saturated rings. The first-order chi connectivity index (χ1) is 27.2. The van der Waals surface area contributed by atoms with Gasteiger partial charge in [0, 0.05) is 67.2 Å². The number of anilines is 2. The summed E-state index contributed by atoms with van der Waals surface area (Å²) >= 11 is 7.20. The number of fused-ring (bicyclic) bond motifs is 3. The van der Waals surface area contributed by atoms with E-state index in [0.29, 0.717) is 78.0 Å². The Morgan fingerprint density at radius 3 is 2.73 bits per heavy atom. The van der Waals surface area contributed by atoms with Gasteiger partial charge < -0.3 is 25.5 Å². The largest absolute Gasteiger partial charge is 0.481 e. The summed E-state index contributed by atoms with van der Waals surface area (Å²) in [5.74, 6) is -0.0602. The molecule has 0 saturated carbocycles. The van der Waals surface area contributed by atoms with Gasteiger partial charge in [0.05, 0.1) is 16.5 Å². The molecule has 0 unspecified atom stereocenters. The second-order valence-electron chi connectivity index (χ2n) is 15.0. The number of carboxylic acids is 1. The number of rotatable bonds is 10. The number of benzene rings is 3. The number of nitrogens with zero attached hydrogens (tertiary/aromatic N) is 5. The third kappa shape index (κ3) is 6.51. The number of oxazole rings is 1. The summed E-state index contributed by atoms with van der Waals surface area (Å²) < 4.78 is 6.36. The molecule has 9 rings (SSSR count). The molecular formula is C43H39ClN8O4. The molecule has 4 N–H and O–H groups in total. The van der Waals surface area contributed by atoms with Crippen LogP contribution in [-0.4, -0.2) is 62.5 Å². The molecule has 0 radical (unpaired) electrons. The van der Waals surface area contributed by atoms with Crippen molar-refractivity contribution in [3.8, 4) is 28.7 Å². The first-order valence-corrected chi connectivity index (χ1v) is 19.4. The van der Waals surface area contributed by atoms with Gasteiger partial charge in [0.1, 0.15) is 22.7 Å². The van der Waals surface area contributed by atoms with Gasteiger partial charge in [0.2, 0.25) is 11.8 Å². The fraction of sp³-hybridized carbons (Fsp3) is 0.302. The molecule has 3 aliphatic rings. The number of carbonyl (C=O) groups excluding carboxylic acids is 1. The number of likely N-dealkylation sites (tertiary alicyclic amines) is 1. The summed E-state index contributed by atoms with van der Waals surface area (Å²) in [6.45, 7) is 4.60. The monoisotopic (exact) mass is 766 g/mol. The highest BCUT2D eigenvalue weighted by Crippen LogP contribution is 2.45. The number of halogens is 1. The highest BCUT2D eigenvalue weighted by molar-refractivity contribution is 6.36. The molecule has 3 atom stereocenters. The molecule has 12 nitrogen and oxygen atoms in total. The van der Waals surface area contributed by atoms with Gasteiger partial charge in [-0.15, -0.1) is 0 Å². The second kappa shape index (κ2) is 14.7. The molecule has 5 heterocycles. The second-order valence-corrected chi connectivity index (χ2v) is 15.3. The van der Waals surface area contributed by atoms with Crippen molar-refractivity contribution in [1.82, 2.24) is 30.5 Å². The number of carbonyl (C=O) groups is 2. The number of nitrogens with one attached hydrogen (secondary N) is 3. The highest BCUT2D eigenvalue weighted by Gasteiger charge is 2.37. The highest BCUT2D eigenvalue weighted by atomic mass is 35.5. The van der Waals surface area contributed by atoms with Crippen molar-refractivity contribution < 1.29 is 19.1 Å². The van der Waals surface area contributed by atoms with Gasteiger partial charge in [-0.1, -0.05) is 35.9 Å². The minimum absolute atomic E-state index is 0.0419. The Labute approximate surface area is 327 Å². The Kier molecular flexibility index (Phi) is 9.37.